The number of Topliss-reactive ketones (excluding diaryl/α,β-unsaturated/α-hetero) is 1. The SMILES string of the molecule is CCOC(=O)c1c(C)[nH]c(C(=O)[C@@H](C)OC(=O)c2ccc(C)c([N+](=O)[O-])c2)c1C. The molecule has 1 heterocycles. The Kier molecular flexibility index (Phi) is 6.53. The average molecular weight is 402 g/mol. The first-order chi connectivity index (χ1) is 13.6. The first-order valence-electron chi connectivity index (χ1n) is 8.94. The fourth-order valence-electron chi connectivity index (χ4n) is 2.92. The fourth-order valence-corrected chi connectivity index (χ4v) is 2.92. The van der Waals surface area contributed by atoms with Crippen LogP contribution in [0.2, 0.25) is 0 Å². The number of aryl methyl sites for hydroxylation is 2. The zero-order valence-electron chi connectivity index (χ0n) is 16.8. The monoisotopic (exact) mass is 402 g/mol. The van der Waals surface area contributed by atoms with Crippen molar-refractivity contribution >= 4 is 23.4 Å². The van der Waals surface area contributed by atoms with E-state index in [9.17, 15) is 24.5 Å². The summed E-state index contributed by atoms with van der Waals surface area (Å²) < 4.78 is 10.2. The third-order valence-corrected chi connectivity index (χ3v) is 4.46. The van der Waals surface area contributed by atoms with Gasteiger partial charge in [-0.3, -0.25) is 14.9 Å². The number of aromatic amines is 1. The standard InChI is InChI=1S/C20H22N2O7/c1-6-28-20(25)16-11(3)17(21-12(16)4)18(23)13(5)29-19(24)14-8-7-10(2)15(9-14)22(26)27/h7-9,13,21H,6H2,1-5H3/t13-/m1/s1. The summed E-state index contributed by atoms with van der Waals surface area (Å²) in [5.74, 6) is -1.94. The Morgan fingerprint density at radius 2 is 1.83 bits per heavy atom. The highest BCUT2D eigenvalue weighted by Gasteiger charge is 2.28. The highest BCUT2D eigenvalue weighted by Crippen LogP contribution is 2.23. The normalized spacial score (nSPS) is 11.6. The van der Waals surface area contributed by atoms with E-state index in [2.05, 4.69) is 4.98 Å². The van der Waals surface area contributed by atoms with Crippen LogP contribution in [-0.4, -0.2) is 40.3 Å². The highest BCUT2D eigenvalue weighted by molar-refractivity contribution is 6.04. The molecule has 0 amide bonds. The van der Waals surface area contributed by atoms with Crippen LogP contribution in [0, 0.1) is 30.9 Å². The number of carbonyl (C=O) groups excluding carboxylic acids is 3. The van der Waals surface area contributed by atoms with E-state index < -0.39 is 28.7 Å². The van der Waals surface area contributed by atoms with Gasteiger partial charge in [0.2, 0.25) is 5.78 Å². The van der Waals surface area contributed by atoms with Crippen LogP contribution in [0.4, 0.5) is 5.69 Å². The van der Waals surface area contributed by atoms with Crippen LogP contribution < -0.4 is 0 Å². The van der Waals surface area contributed by atoms with Gasteiger partial charge in [0.25, 0.3) is 5.69 Å². The van der Waals surface area contributed by atoms with Crippen molar-refractivity contribution in [1.82, 2.24) is 4.98 Å². The molecule has 1 aromatic heterocycles. The molecule has 0 spiro atoms. The van der Waals surface area contributed by atoms with E-state index in [1.807, 2.05) is 0 Å². The molecule has 154 valence electrons. The van der Waals surface area contributed by atoms with E-state index >= 15 is 0 Å². The molecule has 9 heteroatoms. The molecule has 1 aromatic carbocycles. The number of nitro benzene ring substituents is 1. The van der Waals surface area contributed by atoms with Gasteiger partial charge >= 0.3 is 11.9 Å². The minimum absolute atomic E-state index is 0.0337. The Bertz CT molecular complexity index is 991. The van der Waals surface area contributed by atoms with Crippen molar-refractivity contribution in [2.24, 2.45) is 0 Å². The second kappa shape index (κ2) is 8.68. The Morgan fingerprint density at radius 3 is 2.41 bits per heavy atom. The summed E-state index contributed by atoms with van der Waals surface area (Å²) in [6.45, 7) is 8.06. The Labute approximate surface area is 167 Å². The maximum absolute atomic E-state index is 12.7. The number of aromatic nitrogens is 1. The number of nitrogens with one attached hydrogen (secondary N) is 1. The molecule has 0 aliphatic rings. The number of rotatable bonds is 7. The number of nitrogens with zero attached hydrogens (tertiary/aromatic N) is 1. The second-order valence-electron chi connectivity index (χ2n) is 6.52. The molecule has 2 rings (SSSR count). The number of hydrogen-bond acceptors (Lipinski definition) is 7. The number of ether oxygens (including phenoxy) is 2. The van der Waals surface area contributed by atoms with E-state index in [1.54, 1.807) is 27.7 Å². The number of ketones is 1. The van der Waals surface area contributed by atoms with Gasteiger partial charge in [0, 0.05) is 17.3 Å². The van der Waals surface area contributed by atoms with Crippen molar-refractivity contribution in [3.63, 3.8) is 0 Å². The third-order valence-electron chi connectivity index (χ3n) is 4.46. The van der Waals surface area contributed by atoms with Crippen molar-refractivity contribution in [2.45, 2.75) is 40.7 Å². The van der Waals surface area contributed by atoms with E-state index in [0.717, 1.165) is 6.07 Å². The zero-order valence-corrected chi connectivity index (χ0v) is 16.8. The number of esters is 2. The first-order valence-corrected chi connectivity index (χ1v) is 8.94. The van der Waals surface area contributed by atoms with Gasteiger partial charge in [0.05, 0.1) is 28.4 Å². The number of carbonyl (C=O) groups is 3. The Balaban J connectivity index is 2.22. The summed E-state index contributed by atoms with van der Waals surface area (Å²) in [5.41, 5.74) is 1.43. The topological polar surface area (TPSA) is 129 Å². The molecular weight excluding hydrogens is 380 g/mol. The van der Waals surface area contributed by atoms with Crippen LogP contribution >= 0.6 is 0 Å². The molecule has 1 N–H and O–H groups in total. The molecule has 29 heavy (non-hydrogen) atoms. The van der Waals surface area contributed by atoms with Gasteiger partial charge in [-0.1, -0.05) is 6.07 Å². The van der Waals surface area contributed by atoms with Crippen molar-refractivity contribution in [3.8, 4) is 0 Å². The molecule has 0 aliphatic carbocycles. The second-order valence-corrected chi connectivity index (χ2v) is 6.52. The largest absolute Gasteiger partial charge is 0.462 e. The van der Waals surface area contributed by atoms with Crippen LogP contribution in [-0.2, 0) is 9.47 Å². The minimum atomic E-state index is -1.17. The zero-order chi connectivity index (χ0) is 21.9. The van der Waals surface area contributed by atoms with Gasteiger partial charge in [-0.2, -0.15) is 0 Å². The Hall–Kier alpha value is -3.49. The van der Waals surface area contributed by atoms with Gasteiger partial charge in [-0.25, -0.2) is 9.59 Å². The van der Waals surface area contributed by atoms with Crippen molar-refractivity contribution in [3.05, 3.63) is 62.0 Å². The molecule has 2 aromatic rings. The van der Waals surface area contributed by atoms with E-state index in [-0.39, 0.29) is 29.1 Å². The van der Waals surface area contributed by atoms with E-state index in [0.29, 0.717) is 16.8 Å². The van der Waals surface area contributed by atoms with Gasteiger partial charge < -0.3 is 14.5 Å². The summed E-state index contributed by atoms with van der Waals surface area (Å²) in [6, 6.07) is 3.94. The lowest BCUT2D eigenvalue weighted by Gasteiger charge is -2.12. The minimum Gasteiger partial charge on any atom is -0.462 e. The van der Waals surface area contributed by atoms with E-state index in [1.165, 1.54) is 19.1 Å². The van der Waals surface area contributed by atoms with Crippen LogP contribution in [0.5, 0.6) is 0 Å². The maximum Gasteiger partial charge on any atom is 0.340 e. The van der Waals surface area contributed by atoms with Gasteiger partial charge in [-0.05, 0) is 46.2 Å². The molecule has 0 bridgehead atoms. The molecule has 0 radical (unpaired) electrons. The van der Waals surface area contributed by atoms with Gasteiger partial charge in [0.1, 0.15) is 0 Å². The molecule has 0 fully saturated rings. The van der Waals surface area contributed by atoms with Crippen molar-refractivity contribution < 1.29 is 28.8 Å². The highest BCUT2D eigenvalue weighted by atomic mass is 16.6. The maximum atomic E-state index is 12.7. The van der Waals surface area contributed by atoms with Crippen LogP contribution in [0.15, 0.2) is 18.2 Å². The summed E-state index contributed by atoms with van der Waals surface area (Å²) in [4.78, 5) is 50.5. The summed E-state index contributed by atoms with van der Waals surface area (Å²) >= 11 is 0. The van der Waals surface area contributed by atoms with E-state index in [4.69, 9.17) is 9.47 Å². The summed E-state index contributed by atoms with van der Waals surface area (Å²) in [6.07, 6.45) is -1.17. The number of benzene rings is 1. The van der Waals surface area contributed by atoms with Crippen LogP contribution in [0.1, 0.15) is 61.9 Å². The summed E-state index contributed by atoms with van der Waals surface area (Å²) in [5, 5.41) is 11.0. The fraction of sp³-hybridized carbons (Fsp3) is 0.350. The molecular formula is C20H22N2O7. The molecule has 0 unspecified atom stereocenters. The average Bonchev–Trinajstić information content (AvgIpc) is 2.95. The predicted molar refractivity (Wildman–Crippen MR) is 103 cm³/mol. The molecule has 1 atom stereocenters. The smallest absolute Gasteiger partial charge is 0.340 e. The Morgan fingerprint density at radius 1 is 1.17 bits per heavy atom. The van der Waals surface area contributed by atoms with Crippen LogP contribution in [0.25, 0.3) is 0 Å². The quantitative estimate of drug-likeness (QED) is 0.325. The van der Waals surface area contributed by atoms with Crippen molar-refractivity contribution in [1.29, 1.82) is 0 Å². The summed E-state index contributed by atoms with van der Waals surface area (Å²) in [7, 11) is 0. The first kappa shape index (κ1) is 21.8. The van der Waals surface area contributed by atoms with Crippen molar-refractivity contribution in [2.75, 3.05) is 6.61 Å². The third kappa shape index (κ3) is 4.50. The molecule has 9 nitrogen and oxygen atoms in total. The molecule has 0 aliphatic heterocycles. The lowest BCUT2D eigenvalue weighted by molar-refractivity contribution is -0.385. The lowest BCUT2D eigenvalue weighted by atomic mass is 10.1. The lowest BCUT2D eigenvalue weighted by Crippen LogP contribution is -2.25. The number of hydrogen-bond donors (Lipinski definition) is 1. The van der Waals surface area contributed by atoms with Gasteiger partial charge in [0.15, 0.2) is 6.10 Å². The van der Waals surface area contributed by atoms with Gasteiger partial charge in [-0.15, -0.1) is 0 Å². The molecule has 0 saturated heterocycles. The number of nitro groups is 1. The molecule has 0 saturated carbocycles. The number of H-pyrrole nitrogens is 1. The van der Waals surface area contributed by atoms with Crippen LogP contribution in [0.3, 0.4) is 0 Å². The predicted octanol–water partition coefficient (Wildman–Crippen LogP) is 3.45.